The minimum absolute atomic E-state index is 0.00426. The highest BCUT2D eigenvalue weighted by Crippen LogP contribution is 2.50. The summed E-state index contributed by atoms with van der Waals surface area (Å²) in [5.74, 6) is 4.49. The zero-order valence-electron chi connectivity index (χ0n) is 52.3. The largest absolute Gasteiger partial charge is 0.460 e. The Hall–Kier alpha value is -9.92. The van der Waals surface area contributed by atoms with Crippen molar-refractivity contribution in [3.8, 4) is 90.6 Å². The third kappa shape index (κ3) is 9.58. The van der Waals surface area contributed by atoms with E-state index in [1.54, 1.807) is 0 Å². The summed E-state index contributed by atoms with van der Waals surface area (Å²) in [5.41, 5.74) is 20.1. The molecule has 440 valence electrons. The first-order valence-electron chi connectivity index (χ1n) is 31.8. The second-order valence-corrected chi connectivity index (χ2v) is 27.9. The quantitative estimate of drug-likeness (QED) is 0.141. The van der Waals surface area contributed by atoms with Crippen LogP contribution in [0.1, 0.15) is 133 Å². The molecule has 8 heteroatoms. The molecule has 9 aromatic carbocycles. The van der Waals surface area contributed by atoms with Crippen molar-refractivity contribution in [3.63, 3.8) is 0 Å². The molecule has 0 saturated heterocycles. The zero-order chi connectivity index (χ0) is 61.3. The Morgan fingerprint density at radius 3 is 1.38 bits per heavy atom. The van der Waals surface area contributed by atoms with Gasteiger partial charge in [0.15, 0.2) is 34.9 Å². The van der Waals surface area contributed by atoms with E-state index in [0.29, 0.717) is 34.9 Å². The summed E-state index contributed by atoms with van der Waals surface area (Å²) in [6.45, 7) is 18.9. The van der Waals surface area contributed by atoms with E-state index in [1.165, 1.54) is 22.3 Å². The first kappa shape index (κ1) is 55.4. The van der Waals surface area contributed by atoms with E-state index in [0.717, 1.165) is 138 Å². The van der Waals surface area contributed by atoms with Crippen LogP contribution in [-0.4, -0.2) is 29.9 Å². The lowest BCUT2D eigenvalue weighted by molar-refractivity contribution is 0.332. The second kappa shape index (κ2) is 20.8. The third-order valence-electron chi connectivity index (χ3n) is 20.1. The van der Waals surface area contributed by atoms with E-state index in [9.17, 15) is 0 Å². The fourth-order valence-corrected chi connectivity index (χ4v) is 14.6. The maximum Gasteiger partial charge on any atom is 0.164 e. The average Bonchev–Trinajstić information content (AvgIpc) is 1.03. The van der Waals surface area contributed by atoms with Gasteiger partial charge in [-0.2, -0.15) is 0 Å². The van der Waals surface area contributed by atoms with Gasteiger partial charge in [0.2, 0.25) is 0 Å². The van der Waals surface area contributed by atoms with Crippen molar-refractivity contribution in [1.82, 2.24) is 29.9 Å². The molecule has 0 bridgehead atoms. The van der Waals surface area contributed by atoms with Crippen LogP contribution < -0.4 is 0 Å². The van der Waals surface area contributed by atoms with Crippen LogP contribution in [0.15, 0.2) is 215 Å². The lowest BCUT2D eigenvalue weighted by Crippen LogP contribution is -2.33. The molecular formula is C82H70N6O2. The number of aromatic nitrogens is 6. The van der Waals surface area contributed by atoms with Crippen molar-refractivity contribution in [1.29, 1.82) is 0 Å². The molecular weight excluding hydrogens is 1100 g/mol. The van der Waals surface area contributed by atoms with Gasteiger partial charge in [-0.05, 0) is 158 Å². The highest BCUT2D eigenvalue weighted by molar-refractivity contribution is 6.06. The van der Waals surface area contributed by atoms with E-state index in [4.69, 9.17) is 38.7 Å². The van der Waals surface area contributed by atoms with Gasteiger partial charge in [-0.1, -0.05) is 213 Å². The number of hydrogen-bond acceptors (Lipinski definition) is 8. The molecule has 1 atom stereocenters. The Labute approximate surface area is 525 Å². The number of benzene rings is 9. The van der Waals surface area contributed by atoms with E-state index in [-0.39, 0.29) is 27.6 Å². The Kier molecular flexibility index (Phi) is 12.8. The molecule has 0 N–H and O–H groups in total. The van der Waals surface area contributed by atoms with Gasteiger partial charge in [0.25, 0.3) is 0 Å². The minimum Gasteiger partial charge on any atom is -0.460 e. The molecule has 0 aliphatic heterocycles. The minimum atomic E-state index is -0.0778. The Morgan fingerprint density at radius 2 is 0.778 bits per heavy atom. The van der Waals surface area contributed by atoms with Gasteiger partial charge in [0.1, 0.15) is 22.5 Å². The average molecular weight is 1170 g/mol. The summed E-state index contributed by atoms with van der Waals surface area (Å²) in [7, 11) is 0. The summed E-state index contributed by atoms with van der Waals surface area (Å²) >= 11 is 0. The van der Waals surface area contributed by atoms with Gasteiger partial charge in [0, 0.05) is 61.0 Å². The van der Waals surface area contributed by atoms with Gasteiger partial charge < -0.3 is 8.83 Å². The molecule has 1 unspecified atom stereocenters. The SMILES string of the molecule is CC1(C)CCC(C)(C)c2cc(-c3nc(-c4cccc(-c5ccccc5)c4)nc(-c4ccc5c6c(oc5c4)C(c4ccc(-c5nc(-c7ccc8c(c7)C(C)(C)CCC8(C)C)nc(-c7ccc8c(c7)oc7ccccc78)n5)c(-c5ccccc5)c4)CC=C6)n3)ccc21. The van der Waals surface area contributed by atoms with Crippen molar-refractivity contribution in [2.75, 3.05) is 0 Å². The van der Waals surface area contributed by atoms with Crippen molar-refractivity contribution in [2.24, 2.45) is 0 Å². The van der Waals surface area contributed by atoms with Crippen molar-refractivity contribution >= 4 is 39.0 Å². The van der Waals surface area contributed by atoms with Gasteiger partial charge in [-0.25, -0.2) is 29.9 Å². The van der Waals surface area contributed by atoms with Crippen LogP contribution in [0.5, 0.6) is 0 Å². The topological polar surface area (TPSA) is 104 Å². The summed E-state index contributed by atoms with van der Waals surface area (Å²) in [6, 6.07) is 71.0. The predicted octanol–water partition coefficient (Wildman–Crippen LogP) is 21.3. The number of nitrogens with zero attached hydrogens (tertiary/aromatic N) is 6. The summed E-state index contributed by atoms with van der Waals surface area (Å²) < 4.78 is 13.6. The van der Waals surface area contributed by atoms with Crippen LogP contribution in [-0.2, 0) is 21.7 Å². The second-order valence-electron chi connectivity index (χ2n) is 27.9. The molecule has 4 aromatic heterocycles. The first-order chi connectivity index (χ1) is 43.5. The maximum atomic E-state index is 7.16. The van der Waals surface area contributed by atoms with E-state index >= 15 is 0 Å². The monoisotopic (exact) mass is 1170 g/mol. The van der Waals surface area contributed by atoms with Crippen molar-refractivity contribution < 1.29 is 8.83 Å². The first-order valence-corrected chi connectivity index (χ1v) is 31.8. The number of furan rings is 2. The van der Waals surface area contributed by atoms with Gasteiger partial charge in [0.05, 0.1) is 0 Å². The number of rotatable bonds is 9. The van der Waals surface area contributed by atoms with Crippen LogP contribution in [0.4, 0.5) is 0 Å². The lowest BCUT2D eigenvalue weighted by atomic mass is 9.63. The molecule has 0 amide bonds. The Balaban J connectivity index is 0.809. The Morgan fingerprint density at radius 1 is 0.322 bits per heavy atom. The fraction of sp³-hybridized carbons (Fsp3) is 0.220. The number of para-hydroxylation sites is 1. The number of fused-ring (bicyclic) bond motifs is 8. The predicted molar refractivity (Wildman–Crippen MR) is 366 cm³/mol. The standard InChI is InChI=1S/C82H70N6O2/c1-79(2)39-41-81(5,6)67-45-54(32-37-65(67)79)74-83-73(53-24-17-23-51(43-53)49-19-11-9-12-20-49)84-76(85-74)57-31-35-61-62-27-18-26-58(72(62)90-71(61)48-57)52-29-36-63(64(44-52)50-21-13-10-14-22-50)78-87-75(55-33-38-66-68(46-55)82(7,8)42-40-80(66,3)4)86-77(88-78)56-30-34-60-59-25-15-16-28-69(59)89-70(60)47-56/h9-25,27-38,43-48,58H,26,39-42H2,1-8H3. The zero-order valence-corrected chi connectivity index (χ0v) is 52.3. The van der Waals surface area contributed by atoms with E-state index in [1.807, 2.05) is 18.2 Å². The highest BCUT2D eigenvalue weighted by atomic mass is 16.3. The molecule has 16 rings (SSSR count). The maximum absolute atomic E-state index is 7.16. The normalized spacial score (nSPS) is 16.9. The highest BCUT2D eigenvalue weighted by Gasteiger charge is 2.39. The summed E-state index contributed by atoms with van der Waals surface area (Å²) in [6.07, 6.45) is 9.76. The molecule has 4 heterocycles. The molecule has 3 aliphatic carbocycles. The van der Waals surface area contributed by atoms with Crippen LogP contribution in [0, 0.1) is 0 Å². The molecule has 0 spiro atoms. The Bertz CT molecular complexity index is 5060. The lowest BCUT2D eigenvalue weighted by Gasteiger charge is -2.42. The molecule has 3 aliphatic rings. The molecule has 0 saturated carbocycles. The number of hydrogen-bond donors (Lipinski definition) is 0. The van der Waals surface area contributed by atoms with Crippen molar-refractivity contribution in [2.45, 2.75) is 115 Å². The third-order valence-corrected chi connectivity index (χ3v) is 20.1. The van der Waals surface area contributed by atoms with Crippen LogP contribution in [0.25, 0.3) is 130 Å². The van der Waals surface area contributed by atoms with Crippen LogP contribution in [0.3, 0.4) is 0 Å². The summed E-state index contributed by atoms with van der Waals surface area (Å²) in [4.78, 5) is 32.1. The number of allylic oxidation sites excluding steroid dienone is 1. The van der Waals surface area contributed by atoms with E-state index in [2.05, 4.69) is 250 Å². The molecule has 8 nitrogen and oxygen atoms in total. The van der Waals surface area contributed by atoms with Gasteiger partial charge >= 0.3 is 0 Å². The fourth-order valence-electron chi connectivity index (χ4n) is 14.6. The van der Waals surface area contributed by atoms with Gasteiger partial charge in [-0.3, -0.25) is 0 Å². The van der Waals surface area contributed by atoms with Crippen LogP contribution >= 0.6 is 0 Å². The van der Waals surface area contributed by atoms with Crippen LogP contribution in [0.2, 0.25) is 0 Å². The van der Waals surface area contributed by atoms with Gasteiger partial charge in [-0.15, -0.1) is 0 Å². The smallest absolute Gasteiger partial charge is 0.164 e. The molecule has 0 radical (unpaired) electrons. The summed E-state index contributed by atoms with van der Waals surface area (Å²) in [5, 5.41) is 3.17. The van der Waals surface area contributed by atoms with E-state index < -0.39 is 0 Å². The molecule has 0 fully saturated rings. The molecule has 13 aromatic rings. The van der Waals surface area contributed by atoms with Crippen molar-refractivity contribution in [3.05, 3.63) is 245 Å². The molecule has 90 heavy (non-hydrogen) atoms.